The molecule has 0 aliphatic heterocycles. The van der Waals surface area contributed by atoms with Crippen LogP contribution in [0.25, 0.3) is 0 Å². The Hall–Kier alpha value is 0.250. The molecule has 0 radical (unpaired) electrons. The molecule has 4 aliphatic rings. The van der Waals surface area contributed by atoms with Gasteiger partial charge < -0.3 is 5.11 Å². The first-order valence-corrected chi connectivity index (χ1v) is 10.8. The minimum atomic E-state index is -0.0316. The Balaban J connectivity index is 1.59. The first-order valence-electron chi connectivity index (χ1n) is 10.2. The van der Waals surface area contributed by atoms with Crippen molar-refractivity contribution in [2.45, 2.75) is 84.2 Å². The van der Waals surface area contributed by atoms with Gasteiger partial charge in [-0.3, -0.25) is 0 Å². The molecule has 4 aliphatic carbocycles. The first kappa shape index (κ1) is 16.7. The summed E-state index contributed by atoms with van der Waals surface area (Å²) in [6.07, 6.45) is 13.2. The van der Waals surface area contributed by atoms with E-state index in [4.69, 9.17) is 11.6 Å². The van der Waals surface area contributed by atoms with E-state index in [1.807, 2.05) is 0 Å². The van der Waals surface area contributed by atoms with Crippen molar-refractivity contribution < 1.29 is 5.11 Å². The maximum atomic E-state index is 10.3. The molecular formula is C21H35ClO. The molecule has 8 atom stereocenters. The molecule has 0 spiro atoms. The molecule has 1 N–H and O–H groups in total. The van der Waals surface area contributed by atoms with Gasteiger partial charge in [-0.05, 0) is 105 Å². The standard InChI is InChI=1S/C21H35ClO/c1-20-11-9-19-17(18(20)8-5-15(20)10-12-22)7-4-14-3-6-16(23)13-21(14,19)2/h14-19,23H,3-13H2,1-2H3/t14?,15-,16?,17+,18+,19+,20-,21+/m1/s1. The number of aliphatic hydroxyl groups is 1. The molecule has 2 unspecified atom stereocenters. The molecule has 0 bridgehead atoms. The highest BCUT2D eigenvalue weighted by Gasteiger charge is 2.59. The third kappa shape index (κ3) is 2.43. The molecule has 2 heteroatoms. The third-order valence-corrected chi connectivity index (χ3v) is 9.46. The van der Waals surface area contributed by atoms with Gasteiger partial charge in [-0.25, -0.2) is 0 Å². The van der Waals surface area contributed by atoms with E-state index in [1.54, 1.807) is 0 Å². The second kappa shape index (κ2) is 5.90. The van der Waals surface area contributed by atoms with Crippen molar-refractivity contribution in [2.75, 3.05) is 5.88 Å². The van der Waals surface area contributed by atoms with Crippen molar-refractivity contribution >= 4 is 11.6 Å². The molecule has 0 amide bonds. The zero-order chi connectivity index (χ0) is 16.2. The Morgan fingerprint density at radius 3 is 2.43 bits per heavy atom. The quantitative estimate of drug-likeness (QED) is 0.646. The van der Waals surface area contributed by atoms with Gasteiger partial charge >= 0.3 is 0 Å². The number of alkyl halides is 1. The highest BCUT2D eigenvalue weighted by molar-refractivity contribution is 6.17. The Bertz CT molecular complexity index is 451. The second-order valence-corrected chi connectivity index (χ2v) is 10.3. The van der Waals surface area contributed by atoms with E-state index in [1.165, 1.54) is 51.4 Å². The molecule has 23 heavy (non-hydrogen) atoms. The average Bonchev–Trinajstić information content (AvgIpc) is 2.84. The zero-order valence-corrected chi connectivity index (χ0v) is 15.8. The monoisotopic (exact) mass is 338 g/mol. The molecule has 0 aromatic rings. The topological polar surface area (TPSA) is 20.2 Å². The lowest BCUT2D eigenvalue weighted by molar-refractivity contribution is -0.130. The van der Waals surface area contributed by atoms with Crippen LogP contribution in [-0.4, -0.2) is 17.1 Å². The lowest BCUT2D eigenvalue weighted by atomic mass is 9.44. The van der Waals surface area contributed by atoms with Crippen molar-refractivity contribution in [3.8, 4) is 0 Å². The van der Waals surface area contributed by atoms with E-state index in [2.05, 4.69) is 13.8 Å². The summed E-state index contributed by atoms with van der Waals surface area (Å²) in [7, 11) is 0. The summed E-state index contributed by atoms with van der Waals surface area (Å²) in [6.45, 7) is 5.15. The lowest BCUT2D eigenvalue weighted by Gasteiger charge is -2.61. The Labute approximate surface area is 147 Å². The Kier molecular flexibility index (Phi) is 4.29. The average molecular weight is 339 g/mol. The van der Waals surface area contributed by atoms with Crippen molar-refractivity contribution in [3.05, 3.63) is 0 Å². The summed E-state index contributed by atoms with van der Waals surface area (Å²) in [5, 5.41) is 10.3. The lowest BCUT2D eigenvalue weighted by Crippen LogP contribution is -2.54. The van der Waals surface area contributed by atoms with Crippen molar-refractivity contribution in [1.82, 2.24) is 0 Å². The second-order valence-electron chi connectivity index (χ2n) is 9.89. The predicted octanol–water partition coefficient (Wildman–Crippen LogP) is 5.64. The Morgan fingerprint density at radius 2 is 1.65 bits per heavy atom. The van der Waals surface area contributed by atoms with Crippen LogP contribution in [0.5, 0.6) is 0 Å². The number of halogens is 1. The zero-order valence-electron chi connectivity index (χ0n) is 15.1. The van der Waals surface area contributed by atoms with Gasteiger partial charge in [0.15, 0.2) is 0 Å². The summed E-state index contributed by atoms with van der Waals surface area (Å²) in [5.41, 5.74) is 0.985. The van der Waals surface area contributed by atoms with Gasteiger partial charge in [0.05, 0.1) is 6.10 Å². The first-order chi connectivity index (χ1) is 11.0. The van der Waals surface area contributed by atoms with Gasteiger partial charge in [0.1, 0.15) is 0 Å². The van der Waals surface area contributed by atoms with Crippen molar-refractivity contribution in [1.29, 1.82) is 0 Å². The Morgan fingerprint density at radius 1 is 0.913 bits per heavy atom. The molecule has 0 heterocycles. The molecule has 4 saturated carbocycles. The summed E-state index contributed by atoms with van der Waals surface area (Å²) in [4.78, 5) is 0. The SMILES string of the molecule is C[C@]12CC[C@H]3[C@@H](CCC4CCC(O)C[C@@]43C)[C@@H]1CC[C@@H]2CCCl. The highest BCUT2D eigenvalue weighted by Crippen LogP contribution is 2.67. The fraction of sp³-hybridized carbons (Fsp3) is 1.00. The van der Waals surface area contributed by atoms with E-state index in [0.29, 0.717) is 10.8 Å². The fourth-order valence-electron chi connectivity index (χ4n) is 8.05. The minimum Gasteiger partial charge on any atom is -0.393 e. The number of fused-ring (bicyclic) bond motifs is 5. The fourth-order valence-corrected chi connectivity index (χ4v) is 8.31. The van der Waals surface area contributed by atoms with Gasteiger partial charge in [0.2, 0.25) is 0 Å². The molecule has 4 fully saturated rings. The molecule has 132 valence electrons. The summed E-state index contributed by atoms with van der Waals surface area (Å²) >= 11 is 6.11. The van der Waals surface area contributed by atoms with Gasteiger partial charge in [-0.2, -0.15) is 0 Å². The van der Waals surface area contributed by atoms with Crippen molar-refractivity contribution in [2.24, 2.45) is 40.4 Å². The summed E-state index contributed by atoms with van der Waals surface area (Å²) in [5.74, 6) is 5.34. The van der Waals surface area contributed by atoms with Crippen molar-refractivity contribution in [3.63, 3.8) is 0 Å². The van der Waals surface area contributed by atoms with E-state index in [-0.39, 0.29) is 6.10 Å². The number of hydrogen-bond acceptors (Lipinski definition) is 1. The van der Waals surface area contributed by atoms with Crippen LogP contribution in [0.1, 0.15) is 78.1 Å². The molecule has 0 aromatic carbocycles. The predicted molar refractivity (Wildman–Crippen MR) is 96.6 cm³/mol. The molecular weight excluding hydrogens is 304 g/mol. The van der Waals surface area contributed by atoms with Crippen LogP contribution in [0.15, 0.2) is 0 Å². The largest absolute Gasteiger partial charge is 0.393 e. The molecule has 0 saturated heterocycles. The van der Waals surface area contributed by atoms with Crippen LogP contribution >= 0.6 is 11.6 Å². The van der Waals surface area contributed by atoms with Crippen LogP contribution in [0.3, 0.4) is 0 Å². The summed E-state index contributed by atoms with van der Waals surface area (Å²) < 4.78 is 0. The minimum absolute atomic E-state index is 0.0316. The van der Waals surface area contributed by atoms with Crippen LogP contribution in [-0.2, 0) is 0 Å². The maximum absolute atomic E-state index is 10.3. The number of hydrogen-bond donors (Lipinski definition) is 1. The van der Waals surface area contributed by atoms with Crippen LogP contribution in [0.2, 0.25) is 0 Å². The van der Waals surface area contributed by atoms with Gasteiger partial charge in [0.25, 0.3) is 0 Å². The van der Waals surface area contributed by atoms with E-state index in [0.717, 1.165) is 48.3 Å². The molecule has 4 rings (SSSR count). The van der Waals surface area contributed by atoms with Gasteiger partial charge in [-0.1, -0.05) is 13.8 Å². The normalized spacial score (nSPS) is 55.8. The molecule has 1 nitrogen and oxygen atoms in total. The van der Waals surface area contributed by atoms with E-state index in [9.17, 15) is 5.11 Å². The molecule has 0 aromatic heterocycles. The number of rotatable bonds is 2. The number of aliphatic hydroxyl groups excluding tert-OH is 1. The van der Waals surface area contributed by atoms with E-state index >= 15 is 0 Å². The highest BCUT2D eigenvalue weighted by atomic mass is 35.5. The van der Waals surface area contributed by atoms with Gasteiger partial charge in [-0.15, -0.1) is 11.6 Å². The summed E-state index contributed by atoms with van der Waals surface area (Å²) in [6, 6.07) is 0. The van der Waals surface area contributed by atoms with E-state index < -0.39 is 0 Å². The maximum Gasteiger partial charge on any atom is 0.0545 e. The third-order valence-electron chi connectivity index (χ3n) is 9.24. The van der Waals surface area contributed by atoms with Crippen LogP contribution < -0.4 is 0 Å². The van der Waals surface area contributed by atoms with Gasteiger partial charge in [0, 0.05) is 5.88 Å². The van der Waals surface area contributed by atoms with Crippen LogP contribution in [0.4, 0.5) is 0 Å². The smallest absolute Gasteiger partial charge is 0.0545 e. The van der Waals surface area contributed by atoms with Crippen LogP contribution in [0, 0.1) is 40.4 Å².